The van der Waals surface area contributed by atoms with Crippen LogP contribution in [-0.2, 0) is 22.9 Å². The third-order valence-corrected chi connectivity index (χ3v) is 5.21. The van der Waals surface area contributed by atoms with Gasteiger partial charge in [-0.2, -0.15) is 0 Å². The van der Waals surface area contributed by atoms with Gasteiger partial charge in [-0.05, 0) is 56.4 Å². The molecule has 0 fully saturated rings. The fourth-order valence-corrected chi connectivity index (χ4v) is 4.08. The number of hydrogen-bond donors (Lipinski definition) is 1. The van der Waals surface area contributed by atoms with E-state index in [1.807, 2.05) is 12.1 Å². The minimum atomic E-state index is -3.66. The number of fused-ring (bicyclic) bond motifs is 1. The van der Waals surface area contributed by atoms with E-state index >= 15 is 0 Å². The Hall–Kier alpha value is -1.82. The lowest BCUT2D eigenvalue weighted by atomic mass is 10.1. The zero-order valence-electron chi connectivity index (χ0n) is 11.4. The number of sulfonamides is 1. The number of nitrogens with one attached hydrogen (secondary N) is 1. The molecule has 1 N–H and O–H groups in total. The Kier molecular flexibility index (Phi) is 3.05. The predicted molar refractivity (Wildman–Crippen MR) is 75.3 cm³/mol. The maximum Gasteiger partial charge on any atom is 0.267 e. The van der Waals surface area contributed by atoms with Gasteiger partial charge in [0.05, 0.1) is 0 Å². The third-order valence-electron chi connectivity index (χ3n) is 3.59. The van der Waals surface area contributed by atoms with Crippen LogP contribution in [-0.4, -0.2) is 13.6 Å². The number of benzene rings is 1. The van der Waals surface area contributed by atoms with Crippen molar-refractivity contribution in [2.45, 2.75) is 38.0 Å². The molecular formula is C14H16N2O3S. The summed E-state index contributed by atoms with van der Waals surface area (Å²) in [5.41, 5.74) is 3.50. The maximum atomic E-state index is 12.4. The van der Waals surface area contributed by atoms with Crippen LogP contribution < -0.4 is 4.72 Å². The summed E-state index contributed by atoms with van der Waals surface area (Å²) in [5.74, 6) is 0.302. The second-order valence-electron chi connectivity index (χ2n) is 5.10. The van der Waals surface area contributed by atoms with Crippen molar-refractivity contribution in [2.75, 3.05) is 4.72 Å². The Bertz CT molecular complexity index is 743. The van der Waals surface area contributed by atoms with Gasteiger partial charge in [0.2, 0.25) is 0 Å². The normalized spacial score (nSPS) is 14.3. The van der Waals surface area contributed by atoms with Gasteiger partial charge in [-0.3, -0.25) is 4.72 Å². The summed E-state index contributed by atoms with van der Waals surface area (Å²) in [6, 6.07) is 5.71. The van der Waals surface area contributed by atoms with Crippen molar-refractivity contribution in [3.05, 3.63) is 40.8 Å². The van der Waals surface area contributed by atoms with Gasteiger partial charge in [-0.15, -0.1) is 0 Å². The first-order valence-corrected chi connectivity index (χ1v) is 8.03. The highest BCUT2D eigenvalue weighted by atomic mass is 32.2. The molecule has 20 heavy (non-hydrogen) atoms. The number of rotatable bonds is 3. The van der Waals surface area contributed by atoms with Crippen LogP contribution in [0.2, 0.25) is 0 Å². The summed E-state index contributed by atoms with van der Waals surface area (Å²) in [4.78, 5) is 0.123. The lowest BCUT2D eigenvalue weighted by Gasteiger charge is -2.09. The van der Waals surface area contributed by atoms with Gasteiger partial charge in [0, 0.05) is 5.69 Å². The zero-order chi connectivity index (χ0) is 14.3. The van der Waals surface area contributed by atoms with Crippen molar-refractivity contribution in [1.82, 2.24) is 5.16 Å². The molecule has 6 heteroatoms. The first kappa shape index (κ1) is 13.2. The van der Waals surface area contributed by atoms with Gasteiger partial charge >= 0.3 is 0 Å². The fourth-order valence-electron chi connectivity index (χ4n) is 2.70. The van der Waals surface area contributed by atoms with Crippen LogP contribution in [0.5, 0.6) is 0 Å². The summed E-state index contributed by atoms with van der Waals surface area (Å²) >= 11 is 0. The molecule has 0 bridgehead atoms. The maximum absolute atomic E-state index is 12.4. The monoisotopic (exact) mass is 292 g/mol. The van der Waals surface area contributed by atoms with E-state index in [1.54, 1.807) is 19.9 Å². The number of aromatic nitrogens is 1. The molecule has 2 aromatic rings. The molecule has 0 saturated heterocycles. The molecule has 1 heterocycles. The summed E-state index contributed by atoms with van der Waals surface area (Å²) in [6.07, 6.45) is 3.22. The highest BCUT2D eigenvalue weighted by molar-refractivity contribution is 7.92. The van der Waals surface area contributed by atoms with Gasteiger partial charge in [0.1, 0.15) is 5.69 Å². The molecule has 1 aliphatic carbocycles. The van der Waals surface area contributed by atoms with Crippen LogP contribution >= 0.6 is 0 Å². The number of nitrogens with zero attached hydrogens (tertiary/aromatic N) is 1. The van der Waals surface area contributed by atoms with Crippen LogP contribution in [0, 0.1) is 13.8 Å². The zero-order valence-corrected chi connectivity index (χ0v) is 12.3. The van der Waals surface area contributed by atoms with Gasteiger partial charge in [-0.25, -0.2) is 8.42 Å². The van der Waals surface area contributed by atoms with Gasteiger partial charge < -0.3 is 4.52 Å². The molecule has 0 unspecified atom stereocenters. The lowest BCUT2D eigenvalue weighted by Crippen LogP contribution is -2.14. The second-order valence-corrected chi connectivity index (χ2v) is 6.72. The molecule has 0 spiro atoms. The molecule has 0 atom stereocenters. The van der Waals surface area contributed by atoms with Crippen molar-refractivity contribution in [3.8, 4) is 0 Å². The average Bonchev–Trinajstić information content (AvgIpc) is 2.95. The van der Waals surface area contributed by atoms with E-state index in [9.17, 15) is 8.42 Å². The Morgan fingerprint density at radius 3 is 2.65 bits per heavy atom. The van der Waals surface area contributed by atoms with Crippen molar-refractivity contribution in [3.63, 3.8) is 0 Å². The molecule has 3 rings (SSSR count). The van der Waals surface area contributed by atoms with E-state index in [-0.39, 0.29) is 4.90 Å². The largest absolute Gasteiger partial charge is 0.360 e. The predicted octanol–water partition coefficient (Wildman–Crippen LogP) is 2.58. The molecule has 1 aromatic heterocycles. The van der Waals surface area contributed by atoms with E-state index in [2.05, 4.69) is 9.88 Å². The second kappa shape index (κ2) is 4.63. The molecule has 0 saturated carbocycles. The smallest absolute Gasteiger partial charge is 0.267 e. The SMILES string of the molecule is Cc1noc(C)c1S(=O)(=O)Nc1ccc2c(c1)CCC2. The number of aryl methyl sites for hydroxylation is 4. The topological polar surface area (TPSA) is 72.2 Å². The molecular weight excluding hydrogens is 276 g/mol. The number of hydrogen-bond acceptors (Lipinski definition) is 4. The van der Waals surface area contributed by atoms with Crippen molar-refractivity contribution in [1.29, 1.82) is 0 Å². The molecule has 1 aromatic carbocycles. The quantitative estimate of drug-likeness (QED) is 0.943. The first-order valence-electron chi connectivity index (χ1n) is 6.55. The van der Waals surface area contributed by atoms with Crippen LogP contribution in [0.15, 0.2) is 27.6 Å². The van der Waals surface area contributed by atoms with Crippen molar-refractivity contribution in [2.24, 2.45) is 0 Å². The standard InChI is InChI=1S/C14H16N2O3S/c1-9-14(10(2)19-15-9)20(17,18)16-13-7-6-11-4-3-5-12(11)8-13/h6-8,16H,3-5H2,1-2H3. The minimum absolute atomic E-state index is 0.123. The Morgan fingerprint density at radius 1 is 1.20 bits per heavy atom. The Labute approximate surface area is 118 Å². The molecule has 0 aliphatic heterocycles. The molecule has 106 valence electrons. The molecule has 1 aliphatic rings. The van der Waals surface area contributed by atoms with E-state index in [4.69, 9.17) is 4.52 Å². The minimum Gasteiger partial charge on any atom is -0.360 e. The van der Waals surface area contributed by atoms with E-state index in [1.165, 1.54) is 11.1 Å². The van der Waals surface area contributed by atoms with E-state index < -0.39 is 10.0 Å². The van der Waals surface area contributed by atoms with E-state index in [0.717, 1.165) is 19.3 Å². The Balaban J connectivity index is 1.94. The highest BCUT2D eigenvalue weighted by Crippen LogP contribution is 2.27. The first-order chi connectivity index (χ1) is 9.47. The molecule has 0 amide bonds. The lowest BCUT2D eigenvalue weighted by molar-refractivity contribution is 0.390. The molecule has 5 nitrogen and oxygen atoms in total. The summed E-state index contributed by atoms with van der Waals surface area (Å²) in [6.45, 7) is 3.21. The highest BCUT2D eigenvalue weighted by Gasteiger charge is 2.24. The van der Waals surface area contributed by atoms with Gasteiger partial charge in [0.25, 0.3) is 10.0 Å². The van der Waals surface area contributed by atoms with Gasteiger partial charge in [-0.1, -0.05) is 11.2 Å². The van der Waals surface area contributed by atoms with Crippen molar-refractivity contribution >= 4 is 15.7 Å². The van der Waals surface area contributed by atoms with Gasteiger partial charge in [0.15, 0.2) is 10.7 Å². The van der Waals surface area contributed by atoms with Crippen LogP contribution in [0.1, 0.15) is 29.0 Å². The summed E-state index contributed by atoms with van der Waals surface area (Å²) in [5, 5.41) is 3.69. The average molecular weight is 292 g/mol. The number of anilines is 1. The van der Waals surface area contributed by atoms with E-state index in [0.29, 0.717) is 17.1 Å². The van der Waals surface area contributed by atoms with Crippen LogP contribution in [0.3, 0.4) is 0 Å². The Morgan fingerprint density at radius 2 is 1.95 bits per heavy atom. The fraction of sp³-hybridized carbons (Fsp3) is 0.357. The summed E-state index contributed by atoms with van der Waals surface area (Å²) in [7, 11) is -3.66. The third kappa shape index (κ3) is 2.20. The van der Waals surface area contributed by atoms with Crippen LogP contribution in [0.4, 0.5) is 5.69 Å². The van der Waals surface area contributed by atoms with Crippen molar-refractivity contribution < 1.29 is 12.9 Å². The van der Waals surface area contributed by atoms with Crippen LogP contribution in [0.25, 0.3) is 0 Å². The molecule has 0 radical (unpaired) electrons. The summed E-state index contributed by atoms with van der Waals surface area (Å²) < 4.78 is 32.3.